The lowest BCUT2D eigenvalue weighted by molar-refractivity contribution is -0.110. The Kier molecular flexibility index (Phi) is 6.36. The van der Waals surface area contributed by atoms with Gasteiger partial charge in [0.2, 0.25) is 0 Å². The van der Waals surface area contributed by atoms with Gasteiger partial charge < -0.3 is 14.9 Å². The Labute approximate surface area is 172 Å². The summed E-state index contributed by atoms with van der Waals surface area (Å²) >= 11 is 0. The summed E-state index contributed by atoms with van der Waals surface area (Å²) in [4.78, 5) is 18.0. The van der Waals surface area contributed by atoms with Crippen LogP contribution in [0.1, 0.15) is 36.5 Å². The molecule has 2 aliphatic heterocycles. The Morgan fingerprint density at radius 1 is 1.10 bits per heavy atom. The fourth-order valence-corrected chi connectivity index (χ4v) is 4.98. The molecule has 0 aliphatic carbocycles. The van der Waals surface area contributed by atoms with E-state index in [-0.39, 0.29) is 17.3 Å². The normalized spacial score (nSPS) is 20.6. The maximum atomic E-state index is 12.6. The highest BCUT2D eigenvalue weighted by molar-refractivity contribution is 7.84. The molecule has 1 N–H and O–H groups in total. The number of amides is 1. The van der Waals surface area contributed by atoms with E-state index in [0.717, 1.165) is 24.0 Å². The molecule has 0 radical (unpaired) electrons. The van der Waals surface area contributed by atoms with Crippen molar-refractivity contribution >= 4 is 28.1 Å². The summed E-state index contributed by atoms with van der Waals surface area (Å²) < 4.78 is 18.0. The molecule has 152 valence electrons. The minimum absolute atomic E-state index is 0.182. The largest absolute Gasteiger partial charge is 0.387 e. The highest BCUT2D eigenvalue weighted by atomic mass is 32.2. The number of ether oxygens (including phenoxy) is 1. The number of anilines is 1. The second kappa shape index (κ2) is 9.33. The second-order valence-corrected chi connectivity index (χ2v) is 8.95. The van der Waals surface area contributed by atoms with Gasteiger partial charge in [-0.25, -0.2) is 0 Å². The van der Waals surface area contributed by atoms with E-state index < -0.39 is 10.8 Å². The third-order valence-electron chi connectivity index (χ3n) is 5.14. The van der Waals surface area contributed by atoms with E-state index in [0.29, 0.717) is 36.8 Å². The Balaban J connectivity index is 1.34. The van der Waals surface area contributed by atoms with Gasteiger partial charge in [0.15, 0.2) is 6.10 Å². The van der Waals surface area contributed by atoms with Gasteiger partial charge in [0.25, 0.3) is 5.91 Å². The Morgan fingerprint density at radius 3 is 2.69 bits per heavy atom. The SMILES string of the molecule is O=C(Nc1cccc(CS(=O)C2CCOCC2)c1)C1=NOC(c2ccccc2)C1. The highest BCUT2D eigenvalue weighted by Crippen LogP contribution is 2.27. The summed E-state index contributed by atoms with van der Waals surface area (Å²) in [5, 5.41) is 7.03. The van der Waals surface area contributed by atoms with Crippen LogP contribution in [0, 0.1) is 0 Å². The van der Waals surface area contributed by atoms with Crippen LogP contribution >= 0.6 is 0 Å². The monoisotopic (exact) mass is 412 g/mol. The van der Waals surface area contributed by atoms with Crippen LogP contribution in [0.4, 0.5) is 5.69 Å². The molecule has 2 heterocycles. The van der Waals surface area contributed by atoms with Crippen molar-refractivity contribution in [3.05, 3.63) is 65.7 Å². The number of oxime groups is 1. The molecule has 2 aliphatic rings. The van der Waals surface area contributed by atoms with Crippen LogP contribution in [0.3, 0.4) is 0 Å². The molecule has 0 aromatic heterocycles. The first kappa shape index (κ1) is 19.8. The maximum Gasteiger partial charge on any atom is 0.273 e. The lowest BCUT2D eigenvalue weighted by Gasteiger charge is -2.21. The Bertz CT molecular complexity index is 910. The molecule has 7 heteroatoms. The molecule has 2 aromatic carbocycles. The number of carbonyl (C=O) groups excluding carboxylic acids is 1. The van der Waals surface area contributed by atoms with Gasteiger partial charge in [-0.15, -0.1) is 0 Å². The minimum atomic E-state index is -0.943. The Morgan fingerprint density at radius 2 is 1.90 bits per heavy atom. The molecule has 4 rings (SSSR count). The first-order chi connectivity index (χ1) is 14.2. The summed E-state index contributed by atoms with van der Waals surface area (Å²) in [6.07, 6.45) is 1.88. The summed E-state index contributed by atoms with van der Waals surface area (Å²) in [6, 6.07) is 17.2. The van der Waals surface area contributed by atoms with E-state index in [1.54, 1.807) is 0 Å². The van der Waals surface area contributed by atoms with Crippen LogP contribution < -0.4 is 5.32 Å². The zero-order valence-electron chi connectivity index (χ0n) is 16.1. The van der Waals surface area contributed by atoms with Crippen molar-refractivity contribution in [2.24, 2.45) is 5.16 Å². The van der Waals surface area contributed by atoms with E-state index in [4.69, 9.17) is 9.57 Å². The molecule has 1 saturated heterocycles. The van der Waals surface area contributed by atoms with Gasteiger partial charge in [0.1, 0.15) is 5.71 Å². The van der Waals surface area contributed by atoms with E-state index in [9.17, 15) is 9.00 Å². The number of hydrogen-bond donors (Lipinski definition) is 1. The fourth-order valence-electron chi connectivity index (χ4n) is 3.52. The molecule has 1 fully saturated rings. The third-order valence-corrected chi connectivity index (χ3v) is 6.97. The van der Waals surface area contributed by atoms with Crippen LogP contribution in [0.15, 0.2) is 59.8 Å². The first-order valence-electron chi connectivity index (χ1n) is 9.82. The molecule has 0 spiro atoms. The van der Waals surface area contributed by atoms with E-state index in [2.05, 4.69) is 10.5 Å². The molecular weight excluding hydrogens is 388 g/mol. The standard InChI is InChI=1S/C22H24N2O4S/c25-22(20-14-21(28-24-20)17-6-2-1-3-7-17)23-18-8-4-5-16(13-18)15-29(26)19-9-11-27-12-10-19/h1-8,13,19,21H,9-12,14-15H2,(H,23,25). The quantitative estimate of drug-likeness (QED) is 0.787. The van der Waals surface area contributed by atoms with Gasteiger partial charge in [-0.2, -0.15) is 0 Å². The van der Waals surface area contributed by atoms with Crippen LogP contribution in [0.25, 0.3) is 0 Å². The summed E-state index contributed by atoms with van der Waals surface area (Å²) in [7, 11) is -0.943. The molecule has 1 amide bonds. The van der Waals surface area contributed by atoms with Crippen LogP contribution in [-0.4, -0.2) is 34.3 Å². The van der Waals surface area contributed by atoms with Gasteiger partial charge in [0, 0.05) is 47.1 Å². The topological polar surface area (TPSA) is 77.0 Å². The zero-order valence-corrected chi connectivity index (χ0v) is 16.9. The van der Waals surface area contributed by atoms with Gasteiger partial charge in [-0.3, -0.25) is 9.00 Å². The van der Waals surface area contributed by atoms with Crippen molar-refractivity contribution in [3.63, 3.8) is 0 Å². The van der Waals surface area contributed by atoms with Crippen molar-refractivity contribution in [2.75, 3.05) is 18.5 Å². The number of nitrogens with one attached hydrogen (secondary N) is 1. The van der Waals surface area contributed by atoms with Crippen LogP contribution in [0.5, 0.6) is 0 Å². The molecule has 2 unspecified atom stereocenters. The minimum Gasteiger partial charge on any atom is -0.387 e. The lowest BCUT2D eigenvalue weighted by Crippen LogP contribution is -2.25. The van der Waals surface area contributed by atoms with Gasteiger partial charge >= 0.3 is 0 Å². The van der Waals surface area contributed by atoms with Crippen molar-refractivity contribution in [1.82, 2.24) is 0 Å². The van der Waals surface area contributed by atoms with Gasteiger partial charge in [-0.1, -0.05) is 47.6 Å². The smallest absolute Gasteiger partial charge is 0.273 e. The number of rotatable bonds is 6. The lowest BCUT2D eigenvalue weighted by atomic mass is 10.0. The maximum absolute atomic E-state index is 12.6. The highest BCUT2D eigenvalue weighted by Gasteiger charge is 2.27. The number of carbonyl (C=O) groups is 1. The molecule has 2 aromatic rings. The van der Waals surface area contributed by atoms with E-state index in [1.807, 2.05) is 54.6 Å². The summed E-state index contributed by atoms with van der Waals surface area (Å²) in [6.45, 7) is 1.36. The second-order valence-electron chi connectivity index (χ2n) is 7.24. The number of benzene rings is 2. The molecule has 29 heavy (non-hydrogen) atoms. The molecule has 0 bridgehead atoms. The third kappa shape index (κ3) is 5.10. The molecular formula is C22H24N2O4S. The molecule has 6 nitrogen and oxygen atoms in total. The predicted octanol–water partition coefficient (Wildman–Crippen LogP) is 3.57. The summed E-state index contributed by atoms with van der Waals surface area (Å²) in [5.41, 5.74) is 2.98. The van der Waals surface area contributed by atoms with Crippen LogP contribution in [0.2, 0.25) is 0 Å². The van der Waals surface area contributed by atoms with Crippen molar-refractivity contribution in [3.8, 4) is 0 Å². The Hall–Kier alpha value is -2.51. The van der Waals surface area contributed by atoms with Crippen molar-refractivity contribution < 1.29 is 18.6 Å². The molecule has 2 atom stereocenters. The van der Waals surface area contributed by atoms with Crippen molar-refractivity contribution in [1.29, 1.82) is 0 Å². The number of hydrogen-bond acceptors (Lipinski definition) is 5. The van der Waals surface area contributed by atoms with E-state index >= 15 is 0 Å². The zero-order chi connectivity index (χ0) is 20.1. The number of nitrogens with zero attached hydrogens (tertiary/aromatic N) is 1. The van der Waals surface area contributed by atoms with Crippen molar-refractivity contribution in [2.45, 2.75) is 36.4 Å². The average molecular weight is 413 g/mol. The average Bonchev–Trinajstić information content (AvgIpc) is 3.26. The predicted molar refractivity (Wildman–Crippen MR) is 113 cm³/mol. The summed E-state index contributed by atoms with van der Waals surface area (Å²) in [5.74, 6) is 0.209. The fraction of sp³-hybridized carbons (Fsp3) is 0.364. The first-order valence-corrected chi connectivity index (χ1v) is 11.2. The van der Waals surface area contributed by atoms with Gasteiger partial charge in [-0.05, 0) is 36.1 Å². The van der Waals surface area contributed by atoms with Crippen LogP contribution in [-0.2, 0) is 30.9 Å². The van der Waals surface area contributed by atoms with E-state index in [1.165, 1.54) is 0 Å². The van der Waals surface area contributed by atoms with Gasteiger partial charge in [0.05, 0.1) is 0 Å². The molecule has 0 saturated carbocycles.